The van der Waals surface area contributed by atoms with Gasteiger partial charge < -0.3 is 5.32 Å². The van der Waals surface area contributed by atoms with Gasteiger partial charge in [0, 0.05) is 41.9 Å². The first-order chi connectivity index (χ1) is 9.21. The summed E-state index contributed by atoms with van der Waals surface area (Å²) in [4.78, 5) is 4.43. The molecule has 0 spiro atoms. The highest BCUT2D eigenvalue weighted by Crippen LogP contribution is 2.42. The molecule has 0 unspecified atom stereocenters. The van der Waals surface area contributed by atoms with Gasteiger partial charge in [-0.05, 0) is 26.0 Å². The van der Waals surface area contributed by atoms with Crippen molar-refractivity contribution in [2.75, 3.05) is 12.8 Å². The molecule has 0 radical (unpaired) electrons. The zero-order valence-corrected chi connectivity index (χ0v) is 12.3. The van der Waals surface area contributed by atoms with Gasteiger partial charge in [-0.2, -0.15) is 16.9 Å². The van der Waals surface area contributed by atoms with Gasteiger partial charge in [0.1, 0.15) is 0 Å². The van der Waals surface area contributed by atoms with E-state index < -0.39 is 0 Å². The van der Waals surface area contributed by atoms with Crippen LogP contribution < -0.4 is 5.32 Å². The van der Waals surface area contributed by atoms with Crippen molar-refractivity contribution in [2.45, 2.75) is 37.5 Å². The lowest BCUT2D eigenvalue weighted by atomic mass is 9.84. The third-order valence-corrected chi connectivity index (χ3v) is 5.38. The molecule has 2 heterocycles. The monoisotopic (exact) mass is 276 g/mol. The first kappa shape index (κ1) is 12.9. The second-order valence-electron chi connectivity index (χ2n) is 5.39. The Morgan fingerprint density at radius 1 is 1.47 bits per heavy atom. The molecule has 4 nitrogen and oxygen atoms in total. The largest absolute Gasteiger partial charge is 0.311 e. The van der Waals surface area contributed by atoms with Crippen molar-refractivity contribution < 1.29 is 0 Å². The summed E-state index contributed by atoms with van der Waals surface area (Å²) in [5, 5.41) is 7.96. The van der Waals surface area contributed by atoms with Crippen LogP contribution in [0.2, 0.25) is 0 Å². The average Bonchev–Trinajstić information content (AvgIpc) is 2.72. The van der Waals surface area contributed by atoms with Crippen LogP contribution in [0.1, 0.15) is 30.5 Å². The number of nitrogens with zero attached hydrogens (tertiary/aromatic N) is 3. The van der Waals surface area contributed by atoms with E-state index in [4.69, 9.17) is 0 Å². The molecule has 1 N–H and O–H groups in total. The Hall–Kier alpha value is -1.07. The predicted molar refractivity (Wildman–Crippen MR) is 79.5 cm³/mol. The molecule has 1 saturated carbocycles. The minimum absolute atomic E-state index is 0.486. The molecule has 0 bridgehead atoms. The highest BCUT2D eigenvalue weighted by atomic mass is 32.2. The number of rotatable bonds is 5. The fourth-order valence-corrected chi connectivity index (χ4v) is 3.53. The molecule has 19 heavy (non-hydrogen) atoms. The van der Waals surface area contributed by atoms with Crippen molar-refractivity contribution in [3.63, 3.8) is 0 Å². The maximum atomic E-state index is 4.43. The second kappa shape index (κ2) is 5.13. The Morgan fingerprint density at radius 2 is 2.32 bits per heavy atom. The topological polar surface area (TPSA) is 42.2 Å². The highest BCUT2D eigenvalue weighted by molar-refractivity contribution is 8.00. The van der Waals surface area contributed by atoms with E-state index in [0.717, 1.165) is 24.4 Å². The third kappa shape index (κ3) is 2.62. The fourth-order valence-electron chi connectivity index (χ4n) is 2.58. The highest BCUT2D eigenvalue weighted by Gasteiger charge is 2.35. The molecule has 5 heteroatoms. The smallest absolute Gasteiger partial charge is 0.155 e. The standard InChI is InChI=1S/C14H20N4S/c1-11-6-13-16-8-12(9-18(13)17-11)7-15-10-14(19-2)4-3-5-14/h6,8-9,15H,3-5,7,10H2,1-2H3. The summed E-state index contributed by atoms with van der Waals surface area (Å²) in [6, 6.07) is 1.99. The van der Waals surface area contributed by atoms with Gasteiger partial charge in [0.15, 0.2) is 5.65 Å². The van der Waals surface area contributed by atoms with E-state index in [1.54, 1.807) is 0 Å². The molecule has 2 aromatic rings. The molecule has 1 aliphatic rings. The Kier molecular flexibility index (Phi) is 3.50. The van der Waals surface area contributed by atoms with Crippen LogP contribution in [-0.2, 0) is 6.54 Å². The summed E-state index contributed by atoms with van der Waals surface area (Å²) in [5.74, 6) is 0. The summed E-state index contributed by atoms with van der Waals surface area (Å²) in [6.45, 7) is 3.94. The fraction of sp³-hybridized carbons (Fsp3) is 0.571. The van der Waals surface area contributed by atoms with E-state index in [1.807, 2.05) is 35.5 Å². The van der Waals surface area contributed by atoms with E-state index >= 15 is 0 Å². The number of hydrogen-bond donors (Lipinski definition) is 1. The number of fused-ring (bicyclic) bond motifs is 1. The van der Waals surface area contributed by atoms with Crippen LogP contribution >= 0.6 is 11.8 Å². The molecule has 1 aliphatic carbocycles. The Labute approximate surface area is 118 Å². The molecule has 0 aliphatic heterocycles. The molecule has 102 valence electrons. The minimum atomic E-state index is 0.486. The first-order valence-corrected chi connectivity index (χ1v) is 8.00. The van der Waals surface area contributed by atoms with Gasteiger partial charge in [-0.25, -0.2) is 9.50 Å². The molecule has 3 rings (SSSR count). The van der Waals surface area contributed by atoms with Gasteiger partial charge in [-0.15, -0.1) is 0 Å². The van der Waals surface area contributed by atoms with Crippen LogP contribution in [0.15, 0.2) is 18.5 Å². The summed E-state index contributed by atoms with van der Waals surface area (Å²) < 4.78 is 2.35. The maximum Gasteiger partial charge on any atom is 0.155 e. The molecule has 0 aromatic carbocycles. The molecular formula is C14H20N4S. The summed E-state index contributed by atoms with van der Waals surface area (Å²) >= 11 is 2.00. The van der Waals surface area contributed by atoms with E-state index in [-0.39, 0.29) is 0 Å². The van der Waals surface area contributed by atoms with Crippen LogP contribution in [0.4, 0.5) is 0 Å². The molecule has 0 amide bonds. The van der Waals surface area contributed by atoms with Gasteiger partial charge in [0.25, 0.3) is 0 Å². The van der Waals surface area contributed by atoms with Gasteiger partial charge >= 0.3 is 0 Å². The number of aromatic nitrogens is 3. The van der Waals surface area contributed by atoms with Crippen molar-refractivity contribution >= 4 is 17.4 Å². The van der Waals surface area contributed by atoms with Crippen molar-refractivity contribution in [2.24, 2.45) is 0 Å². The maximum absolute atomic E-state index is 4.43. The second-order valence-corrected chi connectivity index (χ2v) is 6.67. The normalized spacial score (nSPS) is 17.6. The van der Waals surface area contributed by atoms with E-state index in [2.05, 4.69) is 27.9 Å². The van der Waals surface area contributed by atoms with Gasteiger partial charge in [0.05, 0.1) is 5.69 Å². The van der Waals surface area contributed by atoms with Crippen LogP contribution in [-0.4, -0.2) is 32.1 Å². The molecular weight excluding hydrogens is 256 g/mol. The summed E-state index contributed by atoms with van der Waals surface area (Å²) in [5.41, 5.74) is 3.11. The Morgan fingerprint density at radius 3 is 3.00 bits per heavy atom. The van der Waals surface area contributed by atoms with Gasteiger partial charge in [-0.1, -0.05) is 6.42 Å². The summed E-state index contributed by atoms with van der Waals surface area (Å²) in [7, 11) is 0. The number of hydrogen-bond acceptors (Lipinski definition) is 4. The van der Waals surface area contributed by atoms with Crippen molar-refractivity contribution in [1.29, 1.82) is 0 Å². The van der Waals surface area contributed by atoms with Crippen LogP contribution in [0, 0.1) is 6.92 Å². The van der Waals surface area contributed by atoms with E-state index in [9.17, 15) is 0 Å². The third-order valence-electron chi connectivity index (χ3n) is 3.96. The number of thioether (sulfide) groups is 1. The van der Waals surface area contributed by atoms with Crippen molar-refractivity contribution in [1.82, 2.24) is 19.9 Å². The summed E-state index contributed by atoms with van der Waals surface area (Å²) in [6.07, 6.45) is 10.3. The van der Waals surface area contributed by atoms with Crippen molar-refractivity contribution in [3.8, 4) is 0 Å². The van der Waals surface area contributed by atoms with Gasteiger partial charge in [-0.3, -0.25) is 0 Å². The zero-order chi connectivity index (χ0) is 13.3. The number of nitrogens with one attached hydrogen (secondary N) is 1. The lowest BCUT2D eigenvalue weighted by molar-refractivity contribution is 0.345. The average molecular weight is 276 g/mol. The zero-order valence-electron chi connectivity index (χ0n) is 11.5. The van der Waals surface area contributed by atoms with E-state index in [0.29, 0.717) is 4.75 Å². The lowest BCUT2D eigenvalue weighted by Gasteiger charge is -2.40. The molecule has 1 fully saturated rings. The van der Waals surface area contributed by atoms with E-state index in [1.165, 1.54) is 24.8 Å². The van der Waals surface area contributed by atoms with Crippen LogP contribution in [0.25, 0.3) is 5.65 Å². The molecule has 0 atom stereocenters. The predicted octanol–water partition coefficient (Wildman–Crippen LogP) is 2.41. The minimum Gasteiger partial charge on any atom is -0.311 e. The SMILES string of the molecule is CSC1(CNCc2cnc3cc(C)nn3c2)CCC1. The van der Waals surface area contributed by atoms with Gasteiger partial charge in [0.2, 0.25) is 0 Å². The first-order valence-electron chi connectivity index (χ1n) is 6.78. The lowest BCUT2D eigenvalue weighted by Crippen LogP contribution is -2.43. The Bertz CT molecular complexity index is 568. The molecule has 0 saturated heterocycles. The molecule has 2 aromatic heterocycles. The quantitative estimate of drug-likeness (QED) is 0.910. The number of aryl methyl sites for hydroxylation is 1. The Balaban J connectivity index is 1.62. The van der Waals surface area contributed by atoms with Crippen LogP contribution in [0.3, 0.4) is 0 Å². The van der Waals surface area contributed by atoms with Crippen LogP contribution in [0.5, 0.6) is 0 Å². The van der Waals surface area contributed by atoms with Crippen molar-refractivity contribution in [3.05, 3.63) is 29.7 Å².